The van der Waals surface area contributed by atoms with Gasteiger partial charge in [0.15, 0.2) is 0 Å². The topological polar surface area (TPSA) is 63.9 Å². The Morgan fingerprint density at radius 2 is 1.92 bits per heavy atom. The van der Waals surface area contributed by atoms with Crippen LogP contribution in [0.15, 0.2) is 0 Å². The Hall–Kier alpha value is -0.160. The summed E-state index contributed by atoms with van der Waals surface area (Å²) < 4.78 is 0. The molecular formula is C9H17NO3. The second kappa shape index (κ2) is 3.53. The van der Waals surface area contributed by atoms with Gasteiger partial charge in [0, 0.05) is 13.1 Å². The number of nitrogens with zero attached hydrogens (tertiary/aromatic N) is 1. The number of aliphatic hydroxyl groups excluding tert-OH is 3. The Labute approximate surface area is 77.8 Å². The Morgan fingerprint density at radius 1 is 1.23 bits per heavy atom. The van der Waals surface area contributed by atoms with E-state index in [2.05, 4.69) is 0 Å². The van der Waals surface area contributed by atoms with Crippen LogP contribution in [-0.2, 0) is 0 Å². The van der Waals surface area contributed by atoms with E-state index in [1.807, 2.05) is 4.90 Å². The maximum atomic E-state index is 9.51. The normalized spacial score (nSPS) is 41.3. The van der Waals surface area contributed by atoms with Gasteiger partial charge in [-0.05, 0) is 18.8 Å². The quantitative estimate of drug-likeness (QED) is 0.519. The predicted octanol–water partition coefficient (Wildman–Crippen LogP) is -1.21. The van der Waals surface area contributed by atoms with Crippen LogP contribution in [0.5, 0.6) is 0 Å². The third kappa shape index (κ3) is 1.86. The SMILES string of the molecule is OC[C@H]1[C@H](O)[C@@H](O)CN1CC1CC1. The van der Waals surface area contributed by atoms with Crippen molar-refractivity contribution in [3.8, 4) is 0 Å². The van der Waals surface area contributed by atoms with Crippen molar-refractivity contribution in [2.45, 2.75) is 31.1 Å². The zero-order valence-corrected chi connectivity index (χ0v) is 7.63. The molecule has 0 unspecified atom stereocenters. The summed E-state index contributed by atoms with van der Waals surface area (Å²) in [5.41, 5.74) is 0. The van der Waals surface area contributed by atoms with Crippen LogP contribution in [0.25, 0.3) is 0 Å². The van der Waals surface area contributed by atoms with E-state index >= 15 is 0 Å². The van der Waals surface area contributed by atoms with Gasteiger partial charge in [-0.15, -0.1) is 0 Å². The minimum absolute atomic E-state index is 0.0645. The predicted molar refractivity (Wildman–Crippen MR) is 47.2 cm³/mol. The van der Waals surface area contributed by atoms with Crippen LogP contribution < -0.4 is 0 Å². The van der Waals surface area contributed by atoms with Crippen LogP contribution in [0.2, 0.25) is 0 Å². The monoisotopic (exact) mass is 187 g/mol. The molecule has 0 radical (unpaired) electrons. The lowest BCUT2D eigenvalue weighted by molar-refractivity contribution is 0.0213. The van der Waals surface area contributed by atoms with Crippen molar-refractivity contribution in [1.82, 2.24) is 4.90 Å². The minimum Gasteiger partial charge on any atom is -0.395 e. The van der Waals surface area contributed by atoms with E-state index in [0.717, 1.165) is 12.5 Å². The Kier molecular flexibility index (Phi) is 2.55. The van der Waals surface area contributed by atoms with E-state index in [4.69, 9.17) is 5.11 Å². The lowest BCUT2D eigenvalue weighted by Crippen LogP contribution is -2.39. The molecule has 0 aromatic carbocycles. The van der Waals surface area contributed by atoms with Gasteiger partial charge in [0.1, 0.15) is 0 Å². The molecule has 3 N–H and O–H groups in total. The zero-order valence-electron chi connectivity index (χ0n) is 7.63. The van der Waals surface area contributed by atoms with Gasteiger partial charge >= 0.3 is 0 Å². The van der Waals surface area contributed by atoms with E-state index in [-0.39, 0.29) is 12.6 Å². The molecule has 0 spiro atoms. The van der Waals surface area contributed by atoms with E-state index < -0.39 is 12.2 Å². The smallest absolute Gasteiger partial charge is 0.0988 e. The summed E-state index contributed by atoms with van der Waals surface area (Å²) in [5.74, 6) is 0.728. The lowest BCUT2D eigenvalue weighted by atomic mass is 10.1. The summed E-state index contributed by atoms with van der Waals surface area (Å²) in [6.45, 7) is 1.35. The molecule has 1 aliphatic carbocycles. The van der Waals surface area contributed by atoms with Crippen molar-refractivity contribution in [1.29, 1.82) is 0 Å². The fourth-order valence-corrected chi connectivity index (χ4v) is 2.02. The number of rotatable bonds is 3. The highest BCUT2D eigenvalue weighted by Gasteiger charge is 2.41. The standard InChI is InChI=1S/C9H17NO3/c11-5-7-9(13)8(12)4-10(7)3-6-1-2-6/h6-9,11-13H,1-5H2/t7-,8-,9-/m0/s1. The van der Waals surface area contributed by atoms with Gasteiger partial charge in [-0.1, -0.05) is 0 Å². The number of aliphatic hydroxyl groups is 3. The van der Waals surface area contributed by atoms with Gasteiger partial charge < -0.3 is 15.3 Å². The molecule has 2 aliphatic rings. The Balaban J connectivity index is 1.92. The van der Waals surface area contributed by atoms with Crippen LogP contribution in [-0.4, -0.2) is 58.2 Å². The van der Waals surface area contributed by atoms with E-state index in [1.54, 1.807) is 0 Å². The highest BCUT2D eigenvalue weighted by molar-refractivity contribution is 4.94. The highest BCUT2D eigenvalue weighted by atomic mass is 16.3. The van der Waals surface area contributed by atoms with Crippen LogP contribution in [0.3, 0.4) is 0 Å². The van der Waals surface area contributed by atoms with Gasteiger partial charge in [-0.3, -0.25) is 4.90 Å². The van der Waals surface area contributed by atoms with Crippen molar-refractivity contribution in [3.05, 3.63) is 0 Å². The summed E-state index contributed by atoms with van der Waals surface area (Å²) in [6, 6.07) is -0.254. The van der Waals surface area contributed by atoms with Crippen molar-refractivity contribution < 1.29 is 15.3 Å². The number of hydrogen-bond acceptors (Lipinski definition) is 4. The van der Waals surface area contributed by atoms with Crippen LogP contribution in [0.1, 0.15) is 12.8 Å². The first-order chi connectivity index (χ1) is 6.22. The molecule has 4 nitrogen and oxygen atoms in total. The molecule has 0 aromatic heterocycles. The Bertz CT molecular complexity index is 182. The molecule has 2 fully saturated rings. The molecular weight excluding hydrogens is 170 g/mol. The van der Waals surface area contributed by atoms with Crippen LogP contribution in [0.4, 0.5) is 0 Å². The maximum Gasteiger partial charge on any atom is 0.0988 e. The second-order valence-corrected chi connectivity index (χ2v) is 4.21. The molecule has 76 valence electrons. The molecule has 0 amide bonds. The summed E-state index contributed by atoms with van der Waals surface area (Å²) in [5, 5.41) is 28.0. The van der Waals surface area contributed by atoms with Gasteiger partial charge in [-0.2, -0.15) is 0 Å². The van der Waals surface area contributed by atoms with Gasteiger partial charge in [0.25, 0.3) is 0 Å². The van der Waals surface area contributed by atoms with Crippen LogP contribution >= 0.6 is 0 Å². The molecule has 0 aromatic rings. The first-order valence-electron chi connectivity index (χ1n) is 4.93. The molecule has 1 saturated carbocycles. The Morgan fingerprint density at radius 3 is 2.46 bits per heavy atom. The van der Waals surface area contributed by atoms with E-state index in [1.165, 1.54) is 12.8 Å². The fraction of sp³-hybridized carbons (Fsp3) is 1.00. The van der Waals surface area contributed by atoms with Crippen molar-refractivity contribution in [2.75, 3.05) is 19.7 Å². The maximum absolute atomic E-state index is 9.51. The molecule has 0 bridgehead atoms. The molecule has 1 heterocycles. The van der Waals surface area contributed by atoms with Gasteiger partial charge in [0.05, 0.1) is 24.9 Å². The fourth-order valence-electron chi connectivity index (χ4n) is 2.02. The summed E-state index contributed by atoms with van der Waals surface area (Å²) in [7, 11) is 0. The van der Waals surface area contributed by atoms with Crippen molar-refractivity contribution >= 4 is 0 Å². The second-order valence-electron chi connectivity index (χ2n) is 4.21. The molecule has 13 heavy (non-hydrogen) atoms. The number of β-amino-alcohol motifs (C(OH)–C–C–N with tert-alkyl or cyclic N) is 1. The molecule has 1 saturated heterocycles. The number of hydrogen-bond donors (Lipinski definition) is 3. The van der Waals surface area contributed by atoms with Crippen molar-refractivity contribution in [3.63, 3.8) is 0 Å². The largest absolute Gasteiger partial charge is 0.395 e. The summed E-state index contributed by atoms with van der Waals surface area (Å²) in [4.78, 5) is 2.01. The molecule has 2 rings (SSSR count). The average Bonchev–Trinajstić information content (AvgIpc) is 2.84. The molecule has 1 aliphatic heterocycles. The highest BCUT2D eigenvalue weighted by Crippen LogP contribution is 2.32. The third-order valence-electron chi connectivity index (χ3n) is 3.06. The van der Waals surface area contributed by atoms with E-state index in [9.17, 15) is 10.2 Å². The first kappa shape index (κ1) is 9.40. The summed E-state index contributed by atoms with van der Waals surface area (Å²) in [6.07, 6.45) is 1.04. The summed E-state index contributed by atoms with van der Waals surface area (Å²) >= 11 is 0. The minimum atomic E-state index is -0.774. The van der Waals surface area contributed by atoms with Gasteiger partial charge in [0.2, 0.25) is 0 Å². The van der Waals surface area contributed by atoms with Crippen LogP contribution in [0, 0.1) is 5.92 Å². The van der Waals surface area contributed by atoms with Crippen molar-refractivity contribution in [2.24, 2.45) is 5.92 Å². The van der Waals surface area contributed by atoms with E-state index in [0.29, 0.717) is 6.54 Å². The third-order valence-corrected chi connectivity index (χ3v) is 3.06. The first-order valence-corrected chi connectivity index (χ1v) is 4.93. The molecule has 3 atom stereocenters. The molecule has 4 heteroatoms. The number of likely N-dealkylation sites (tertiary alicyclic amines) is 1. The lowest BCUT2D eigenvalue weighted by Gasteiger charge is -2.23. The average molecular weight is 187 g/mol. The van der Waals surface area contributed by atoms with Gasteiger partial charge in [-0.25, -0.2) is 0 Å². The zero-order chi connectivity index (χ0) is 9.42.